The third-order valence-electron chi connectivity index (χ3n) is 2.95. The van der Waals surface area contributed by atoms with E-state index in [0.29, 0.717) is 5.69 Å². The van der Waals surface area contributed by atoms with Crippen molar-refractivity contribution in [2.75, 3.05) is 0 Å². The van der Waals surface area contributed by atoms with Crippen LogP contribution in [0.1, 0.15) is 31.3 Å². The van der Waals surface area contributed by atoms with Crippen LogP contribution in [0.5, 0.6) is 0 Å². The zero-order valence-electron chi connectivity index (χ0n) is 14.9. The minimum Gasteiger partial charge on any atom is -0.346 e. The largest absolute Gasteiger partial charge is 0.346 e. The summed E-state index contributed by atoms with van der Waals surface area (Å²) in [5.41, 5.74) is 0.235. The Hall–Kier alpha value is -1.02. The summed E-state index contributed by atoms with van der Waals surface area (Å²) < 4.78 is 0. The molecule has 0 bridgehead atoms. The SMILES string of the molecule is CC(C)(C)NC(=O)c1ncc([Si](C)(C)C)nc1[Si](C)(C)C. The highest BCUT2D eigenvalue weighted by atomic mass is 28.3. The normalized spacial score (nSPS) is 13.2. The summed E-state index contributed by atoms with van der Waals surface area (Å²) in [7, 11) is -3.27. The first-order valence-electron chi connectivity index (χ1n) is 7.42. The van der Waals surface area contributed by atoms with Gasteiger partial charge in [-0.15, -0.1) is 0 Å². The number of aromatic nitrogens is 2. The Morgan fingerprint density at radius 3 is 1.95 bits per heavy atom. The number of carbonyl (C=O) groups excluding carboxylic acids is 1. The van der Waals surface area contributed by atoms with Crippen LogP contribution in [0.2, 0.25) is 39.3 Å². The van der Waals surface area contributed by atoms with E-state index in [0.717, 1.165) is 10.6 Å². The summed E-state index contributed by atoms with van der Waals surface area (Å²) in [5, 5.41) is 4.99. The van der Waals surface area contributed by atoms with E-state index >= 15 is 0 Å². The van der Waals surface area contributed by atoms with Crippen molar-refractivity contribution in [1.82, 2.24) is 15.3 Å². The third kappa shape index (κ3) is 5.03. The number of carbonyl (C=O) groups is 1. The number of hydrogen-bond acceptors (Lipinski definition) is 3. The molecule has 1 aromatic heterocycles. The van der Waals surface area contributed by atoms with E-state index in [1.165, 1.54) is 0 Å². The summed E-state index contributed by atoms with van der Waals surface area (Å²) in [6.45, 7) is 19.3. The van der Waals surface area contributed by atoms with Gasteiger partial charge in [-0.05, 0) is 20.8 Å². The average Bonchev–Trinajstić information content (AvgIpc) is 2.23. The molecule has 0 aromatic carbocycles. The van der Waals surface area contributed by atoms with Gasteiger partial charge in [0.05, 0.1) is 5.32 Å². The molecule has 118 valence electrons. The molecule has 1 rings (SSSR count). The number of amides is 1. The van der Waals surface area contributed by atoms with Crippen LogP contribution in [0.4, 0.5) is 0 Å². The highest BCUT2D eigenvalue weighted by Crippen LogP contribution is 2.07. The van der Waals surface area contributed by atoms with E-state index in [-0.39, 0.29) is 11.4 Å². The average molecular weight is 324 g/mol. The Kier molecular flexibility index (Phi) is 4.85. The van der Waals surface area contributed by atoms with Crippen LogP contribution in [-0.4, -0.2) is 37.6 Å². The van der Waals surface area contributed by atoms with Crippen LogP contribution in [0, 0.1) is 0 Å². The van der Waals surface area contributed by atoms with Gasteiger partial charge in [0.25, 0.3) is 5.91 Å². The zero-order chi connectivity index (χ0) is 16.6. The fourth-order valence-corrected chi connectivity index (χ4v) is 4.19. The maximum Gasteiger partial charge on any atom is 0.271 e. The molecule has 1 heterocycles. The molecule has 1 aromatic rings. The van der Waals surface area contributed by atoms with E-state index in [1.807, 2.05) is 20.8 Å². The molecule has 0 aliphatic heterocycles. The van der Waals surface area contributed by atoms with Gasteiger partial charge < -0.3 is 5.32 Å². The van der Waals surface area contributed by atoms with E-state index in [2.05, 4.69) is 49.6 Å². The van der Waals surface area contributed by atoms with Gasteiger partial charge in [-0.3, -0.25) is 9.78 Å². The summed E-state index contributed by atoms with van der Waals surface area (Å²) in [6, 6.07) is 0. The first-order chi connectivity index (χ1) is 9.22. The summed E-state index contributed by atoms with van der Waals surface area (Å²) in [4.78, 5) is 21.9. The molecule has 0 fully saturated rings. The molecule has 0 radical (unpaired) electrons. The molecule has 0 spiro atoms. The highest BCUT2D eigenvalue weighted by Gasteiger charge is 2.30. The van der Waals surface area contributed by atoms with E-state index in [1.54, 1.807) is 6.20 Å². The van der Waals surface area contributed by atoms with Crippen molar-refractivity contribution in [1.29, 1.82) is 0 Å². The second-order valence-corrected chi connectivity index (χ2v) is 18.6. The third-order valence-corrected chi connectivity index (χ3v) is 6.50. The second kappa shape index (κ2) is 5.64. The topological polar surface area (TPSA) is 54.9 Å². The Balaban J connectivity index is 3.37. The maximum atomic E-state index is 12.5. The van der Waals surface area contributed by atoms with Crippen molar-refractivity contribution in [2.24, 2.45) is 0 Å². The summed E-state index contributed by atoms with van der Waals surface area (Å²) >= 11 is 0. The van der Waals surface area contributed by atoms with Crippen molar-refractivity contribution in [2.45, 2.75) is 65.6 Å². The molecule has 0 saturated heterocycles. The Labute approximate surface area is 130 Å². The number of nitrogens with one attached hydrogen (secondary N) is 1. The van der Waals surface area contributed by atoms with E-state index < -0.39 is 16.1 Å². The van der Waals surface area contributed by atoms with Crippen LogP contribution in [-0.2, 0) is 0 Å². The fraction of sp³-hybridized carbons (Fsp3) is 0.667. The van der Waals surface area contributed by atoms with Crippen molar-refractivity contribution >= 4 is 32.7 Å². The molecular formula is C15H29N3OSi2. The summed E-state index contributed by atoms with van der Waals surface area (Å²) in [6.07, 6.45) is 1.80. The molecule has 0 unspecified atom stereocenters. The lowest BCUT2D eigenvalue weighted by Gasteiger charge is -2.25. The van der Waals surface area contributed by atoms with E-state index in [4.69, 9.17) is 4.98 Å². The predicted molar refractivity (Wildman–Crippen MR) is 95.2 cm³/mol. The molecule has 6 heteroatoms. The van der Waals surface area contributed by atoms with Gasteiger partial charge in [-0.25, -0.2) is 4.98 Å². The van der Waals surface area contributed by atoms with Gasteiger partial charge in [0, 0.05) is 17.1 Å². The fourth-order valence-electron chi connectivity index (χ4n) is 1.84. The molecule has 21 heavy (non-hydrogen) atoms. The molecule has 0 aliphatic rings. The minimum absolute atomic E-state index is 0.116. The first-order valence-corrected chi connectivity index (χ1v) is 14.4. The maximum absolute atomic E-state index is 12.5. The molecular weight excluding hydrogens is 294 g/mol. The monoisotopic (exact) mass is 323 g/mol. The van der Waals surface area contributed by atoms with Gasteiger partial charge in [0.2, 0.25) is 0 Å². The Morgan fingerprint density at radius 1 is 1.05 bits per heavy atom. The Bertz CT molecular complexity index is 537. The predicted octanol–water partition coefficient (Wildman–Crippen LogP) is 2.10. The lowest BCUT2D eigenvalue weighted by Crippen LogP contribution is -2.54. The molecule has 4 nitrogen and oxygen atoms in total. The number of hydrogen-bond donors (Lipinski definition) is 1. The molecule has 0 atom stereocenters. The van der Waals surface area contributed by atoms with E-state index in [9.17, 15) is 4.79 Å². The summed E-state index contributed by atoms with van der Waals surface area (Å²) in [5.74, 6) is -0.116. The quantitative estimate of drug-likeness (QED) is 0.867. The lowest BCUT2D eigenvalue weighted by atomic mass is 10.1. The van der Waals surface area contributed by atoms with Crippen LogP contribution in [0.3, 0.4) is 0 Å². The van der Waals surface area contributed by atoms with Crippen LogP contribution in [0.15, 0.2) is 6.20 Å². The smallest absolute Gasteiger partial charge is 0.271 e. The minimum atomic E-state index is -1.74. The lowest BCUT2D eigenvalue weighted by molar-refractivity contribution is 0.0915. The Morgan fingerprint density at radius 2 is 1.57 bits per heavy atom. The van der Waals surface area contributed by atoms with Gasteiger partial charge in [-0.1, -0.05) is 39.3 Å². The molecule has 0 saturated carbocycles. The van der Waals surface area contributed by atoms with Gasteiger partial charge >= 0.3 is 0 Å². The van der Waals surface area contributed by atoms with Crippen molar-refractivity contribution in [3.05, 3.63) is 11.9 Å². The van der Waals surface area contributed by atoms with Crippen LogP contribution in [0.25, 0.3) is 0 Å². The second-order valence-electron chi connectivity index (χ2n) is 8.66. The highest BCUT2D eigenvalue weighted by molar-refractivity contribution is 6.90. The van der Waals surface area contributed by atoms with Crippen molar-refractivity contribution < 1.29 is 4.79 Å². The zero-order valence-corrected chi connectivity index (χ0v) is 16.9. The number of rotatable bonds is 3. The standard InChI is InChI=1S/C15H29N3OSi2/c1-15(2,3)18-13(19)12-14(21(7,8)9)17-11(10-16-12)20(4,5)6/h10H,1-9H3,(H,18,19). The first kappa shape index (κ1) is 18.0. The van der Waals surface area contributed by atoms with Gasteiger partial charge in [-0.2, -0.15) is 0 Å². The molecule has 0 aliphatic carbocycles. The van der Waals surface area contributed by atoms with Gasteiger partial charge in [0.1, 0.15) is 21.8 Å². The molecule has 1 amide bonds. The number of nitrogens with zero attached hydrogens (tertiary/aromatic N) is 2. The van der Waals surface area contributed by atoms with Crippen molar-refractivity contribution in [3.8, 4) is 0 Å². The molecule has 1 N–H and O–H groups in total. The van der Waals surface area contributed by atoms with Crippen molar-refractivity contribution in [3.63, 3.8) is 0 Å². The van der Waals surface area contributed by atoms with Crippen LogP contribution >= 0.6 is 0 Å². The van der Waals surface area contributed by atoms with Crippen LogP contribution < -0.4 is 16.0 Å². The van der Waals surface area contributed by atoms with Gasteiger partial charge in [0.15, 0.2) is 0 Å².